The molecule has 3 aromatic rings. The maximum Gasteiger partial charge on any atom is 0.326 e. The van der Waals surface area contributed by atoms with Gasteiger partial charge in [-0.15, -0.1) is 0 Å². The van der Waals surface area contributed by atoms with Crippen molar-refractivity contribution >= 4 is 17.6 Å². The molecular formula is C29H29FN4O3. The number of rotatable bonds is 3. The van der Waals surface area contributed by atoms with Gasteiger partial charge in [0.25, 0.3) is 0 Å². The average Bonchev–Trinajstić information content (AvgIpc) is 3.34. The van der Waals surface area contributed by atoms with Gasteiger partial charge in [0, 0.05) is 61.9 Å². The number of nitrogens with zero attached hydrogens (tertiary/aromatic N) is 3. The van der Waals surface area contributed by atoms with Gasteiger partial charge < -0.3 is 15.0 Å². The fraction of sp³-hybridized carbons (Fsp3) is 0.345. The van der Waals surface area contributed by atoms with E-state index in [-0.39, 0.29) is 11.9 Å². The highest BCUT2D eigenvalue weighted by Gasteiger charge is 2.29. The summed E-state index contributed by atoms with van der Waals surface area (Å²) in [5.41, 5.74) is 4.15. The standard InChI is InChI=1S/C29H29FN4O3/c1-33-26-18-21(6-5-20-12-15-37-16-13-20)7-8-23(26)9-10-25(28(33)35)32-29(36)34-14-11-22(19-34)17-24-3-2-4-27(30)31-24/h2-4,7-8,11,14,18-20,25H,9-10,12-13,15-17H2,1H3,(H,32,36)/t25-/m0/s1. The molecule has 5 rings (SSSR count). The fourth-order valence-electron chi connectivity index (χ4n) is 4.76. The second-order valence-electron chi connectivity index (χ2n) is 9.49. The predicted molar refractivity (Wildman–Crippen MR) is 138 cm³/mol. The van der Waals surface area contributed by atoms with Crippen molar-refractivity contribution in [3.63, 3.8) is 0 Å². The van der Waals surface area contributed by atoms with Crippen LogP contribution in [0, 0.1) is 23.7 Å². The van der Waals surface area contributed by atoms with Gasteiger partial charge in [0.1, 0.15) is 6.04 Å². The van der Waals surface area contributed by atoms with Crippen LogP contribution in [-0.2, 0) is 22.4 Å². The number of ether oxygens (including phenoxy) is 1. The Kier molecular flexibility index (Phi) is 7.33. The molecular weight excluding hydrogens is 471 g/mol. The molecule has 0 bridgehead atoms. The summed E-state index contributed by atoms with van der Waals surface area (Å²) in [6, 6.07) is 11.4. The molecule has 7 nitrogen and oxygen atoms in total. The highest BCUT2D eigenvalue weighted by atomic mass is 19.1. The van der Waals surface area contributed by atoms with Crippen LogP contribution in [0.3, 0.4) is 0 Å². The van der Waals surface area contributed by atoms with Crippen LogP contribution in [0.25, 0.3) is 0 Å². The molecule has 190 valence electrons. The Morgan fingerprint density at radius 3 is 2.84 bits per heavy atom. The number of benzene rings is 1. The molecule has 0 saturated carbocycles. The van der Waals surface area contributed by atoms with E-state index in [1.165, 1.54) is 10.6 Å². The van der Waals surface area contributed by atoms with Crippen LogP contribution in [0.2, 0.25) is 0 Å². The van der Waals surface area contributed by atoms with Crippen LogP contribution >= 0.6 is 0 Å². The molecule has 2 amide bonds. The lowest BCUT2D eigenvalue weighted by atomic mass is 10.00. The minimum Gasteiger partial charge on any atom is -0.381 e. The normalized spacial score (nSPS) is 17.9. The second-order valence-corrected chi connectivity index (χ2v) is 9.49. The Hall–Kier alpha value is -3.96. The van der Waals surface area contributed by atoms with Gasteiger partial charge in [0.05, 0.1) is 0 Å². The molecule has 2 aromatic heterocycles. The number of carbonyl (C=O) groups is 2. The molecule has 0 unspecified atom stereocenters. The fourth-order valence-corrected chi connectivity index (χ4v) is 4.76. The zero-order valence-electron chi connectivity index (χ0n) is 20.7. The molecule has 37 heavy (non-hydrogen) atoms. The van der Waals surface area contributed by atoms with Crippen molar-refractivity contribution < 1.29 is 18.7 Å². The summed E-state index contributed by atoms with van der Waals surface area (Å²) in [7, 11) is 1.74. The summed E-state index contributed by atoms with van der Waals surface area (Å²) in [6.07, 6.45) is 6.75. The Labute approximate surface area is 215 Å². The van der Waals surface area contributed by atoms with Gasteiger partial charge in [0.2, 0.25) is 11.9 Å². The van der Waals surface area contributed by atoms with E-state index < -0.39 is 12.0 Å². The molecule has 1 saturated heterocycles. The Morgan fingerprint density at radius 1 is 1.19 bits per heavy atom. The third-order valence-electron chi connectivity index (χ3n) is 6.86. The van der Waals surface area contributed by atoms with Gasteiger partial charge >= 0.3 is 6.03 Å². The summed E-state index contributed by atoms with van der Waals surface area (Å²) in [5, 5.41) is 2.88. The molecule has 0 radical (unpaired) electrons. The lowest BCUT2D eigenvalue weighted by molar-refractivity contribution is -0.120. The zero-order chi connectivity index (χ0) is 25.8. The first-order chi connectivity index (χ1) is 18.0. The lowest BCUT2D eigenvalue weighted by Gasteiger charge is -2.22. The molecule has 2 aliphatic heterocycles. The number of fused-ring (bicyclic) bond motifs is 1. The lowest BCUT2D eigenvalue weighted by Crippen LogP contribution is -2.47. The summed E-state index contributed by atoms with van der Waals surface area (Å²) in [4.78, 5) is 31.7. The smallest absolute Gasteiger partial charge is 0.326 e. The molecule has 2 aliphatic rings. The van der Waals surface area contributed by atoms with Crippen molar-refractivity contribution in [1.82, 2.24) is 14.9 Å². The molecule has 0 spiro atoms. The third-order valence-corrected chi connectivity index (χ3v) is 6.86. The quantitative estimate of drug-likeness (QED) is 0.437. The zero-order valence-corrected chi connectivity index (χ0v) is 20.7. The first-order valence-electron chi connectivity index (χ1n) is 12.6. The number of halogens is 1. The number of pyridine rings is 1. The second kappa shape index (κ2) is 11.0. The predicted octanol–water partition coefficient (Wildman–Crippen LogP) is 3.93. The number of hydrogen-bond acceptors (Lipinski definition) is 4. The van der Waals surface area contributed by atoms with Crippen LogP contribution in [0.4, 0.5) is 14.9 Å². The maximum absolute atomic E-state index is 13.4. The Morgan fingerprint density at radius 2 is 2.03 bits per heavy atom. The van der Waals surface area contributed by atoms with Crippen LogP contribution in [0.5, 0.6) is 0 Å². The van der Waals surface area contributed by atoms with Crippen molar-refractivity contribution in [1.29, 1.82) is 0 Å². The topological polar surface area (TPSA) is 76.5 Å². The highest BCUT2D eigenvalue weighted by molar-refractivity contribution is 6.00. The SMILES string of the molecule is CN1C(=O)[C@@H](NC(=O)n2ccc(Cc3cccc(F)n3)c2)CCc2ccc(C#CC3CCOCC3)cc21. The summed E-state index contributed by atoms with van der Waals surface area (Å²) in [5.74, 6) is 6.24. The van der Waals surface area contributed by atoms with Crippen molar-refractivity contribution in [3.05, 3.63) is 83.2 Å². The molecule has 1 atom stereocenters. The van der Waals surface area contributed by atoms with Gasteiger partial charge in [-0.25, -0.2) is 9.78 Å². The minimum atomic E-state index is -0.655. The van der Waals surface area contributed by atoms with Crippen LogP contribution in [0.1, 0.15) is 41.6 Å². The number of anilines is 1. The van der Waals surface area contributed by atoms with E-state index >= 15 is 0 Å². The molecule has 1 aromatic carbocycles. The van der Waals surface area contributed by atoms with E-state index in [0.29, 0.717) is 30.9 Å². The monoisotopic (exact) mass is 500 g/mol. The van der Waals surface area contributed by atoms with Crippen molar-refractivity contribution in [2.24, 2.45) is 5.92 Å². The van der Waals surface area contributed by atoms with E-state index in [0.717, 1.165) is 48.4 Å². The van der Waals surface area contributed by atoms with Crippen molar-refractivity contribution in [3.8, 4) is 11.8 Å². The summed E-state index contributed by atoms with van der Waals surface area (Å²) < 4.78 is 20.2. The van der Waals surface area contributed by atoms with Crippen molar-refractivity contribution in [2.75, 3.05) is 25.2 Å². The maximum atomic E-state index is 13.4. The van der Waals surface area contributed by atoms with E-state index in [1.54, 1.807) is 42.5 Å². The number of amides is 2. The number of aromatic nitrogens is 2. The van der Waals surface area contributed by atoms with Gasteiger partial charge in [-0.2, -0.15) is 4.39 Å². The Bertz CT molecular complexity index is 1370. The Balaban J connectivity index is 1.25. The molecule has 8 heteroatoms. The first-order valence-corrected chi connectivity index (χ1v) is 12.6. The van der Waals surface area contributed by atoms with E-state index in [9.17, 15) is 14.0 Å². The number of hydrogen-bond donors (Lipinski definition) is 1. The molecule has 4 heterocycles. The highest BCUT2D eigenvalue weighted by Crippen LogP contribution is 2.27. The number of likely N-dealkylation sites (N-methyl/N-ethyl adjacent to an activating group) is 1. The largest absolute Gasteiger partial charge is 0.381 e. The third kappa shape index (κ3) is 5.89. The summed E-state index contributed by atoms with van der Waals surface area (Å²) in [6.45, 7) is 1.50. The van der Waals surface area contributed by atoms with Gasteiger partial charge in [-0.1, -0.05) is 24.0 Å². The number of carbonyl (C=O) groups excluding carboxylic acids is 2. The van der Waals surface area contributed by atoms with Gasteiger partial charge in [0.15, 0.2) is 0 Å². The van der Waals surface area contributed by atoms with E-state index in [4.69, 9.17) is 4.74 Å². The molecule has 0 aliphatic carbocycles. The minimum absolute atomic E-state index is 0.169. The number of aryl methyl sites for hydroxylation is 1. The van der Waals surface area contributed by atoms with Crippen LogP contribution < -0.4 is 10.2 Å². The van der Waals surface area contributed by atoms with Gasteiger partial charge in [-0.3, -0.25) is 9.36 Å². The first kappa shape index (κ1) is 24.7. The molecule has 1 fully saturated rings. The van der Waals surface area contributed by atoms with Gasteiger partial charge in [-0.05, 0) is 67.1 Å². The number of nitrogens with one attached hydrogen (secondary N) is 1. The van der Waals surface area contributed by atoms with E-state index in [2.05, 4.69) is 22.1 Å². The summed E-state index contributed by atoms with van der Waals surface area (Å²) >= 11 is 0. The van der Waals surface area contributed by atoms with Crippen LogP contribution in [-0.4, -0.2) is 47.8 Å². The average molecular weight is 501 g/mol. The van der Waals surface area contributed by atoms with Crippen molar-refractivity contribution in [2.45, 2.75) is 38.1 Å². The van der Waals surface area contributed by atoms with E-state index in [1.807, 2.05) is 18.2 Å². The molecule has 1 N–H and O–H groups in total. The van der Waals surface area contributed by atoms with Crippen LogP contribution in [0.15, 0.2) is 54.9 Å².